The van der Waals surface area contributed by atoms with Crippen LogP contribution < -0.4 is 0 Å². The first-order valence-corrected chi connectivity index (χ1v) is 7.25. The predicted molar refractivity (Wildman–Crippen MR) is 91.3 cm³/mol. The van der Waals surface area contributed by atoms with Gasteiger partial charge in [0, 0.05) is 33.7 Å². The summed E-state index contributed by atoms with van der Waals surface area (Å²) in [5.41, 5.74) is 0. The summed E-state index contributed by atoms with van der Waals surface area (Å²) in [6.07, 6.45) is 2.33. The van der Waals surface area contributed by atoms with E-state index in [1.54, 1.807) is 11.1 Å². The lowest BCUT2D eigenvalue weighted by atomic mass is 10.4. The number of aliphatic hydroxyl groups excluding tert-OH is 3. The Balaban J connectivity index is -0.000000121. The summed E-state index contributed by atoms with van der Waals surface area (Å²) in [4.78, 5) is 39.3. The van der Waals surface area contributed by atoms with Gasteiger partial charge in [-0.1, -0.05) is 6.58 Å². The van der Waals surface area contributed by atoms with Gasteiger partial charge in [0.2, 0.25) is 5.91 Å². The zero-order valence-corrected chi connectivity index (χ0v) is 15.2. The highest BCUT2D eigenvalue weighted by Gasteiger charge is 2.15. The molecule has 0 radical (unpaired) electrons. The Labute approximate surface area is 151 Å². The predicted octanol–water partition coefficient (Wildman–Crippen LogP) is -0.643. The van der Waals surface area contributed by atoms with Crippen LogP contribution >= 0.6 is 0 Å². The molecular formula is C15H29NO10. The van der Waals surface area contributed by atoms with E-state index >= 15 is 0 Å². The molecular weight excluding hydrogens is 354 g/mol. The highest BCUT2D eigenvalue weighted by Crippen LogP contribution is 2.08. The molecule has 11 heteroatoms. The van der Waals surface area contributed by atoms with Gasteiger partial charge in [0.1, 0.15) is 6.10 Å². The molecule has 6 N–H and O–H groups in total. The van der Waals surface area contributed by atoms with E-state index < -0.39 is 24.0 Å². The maximum atomic E-state index is 10.7. The van der Waals surface area contributed by atoms with Gasteiger partial charge in [0.15, 0.2) is 0 Å². The summed E-state index contributed by atoms with van der Waals surface area (Å²) in [7, 11) is 0. The number of hydrogen-bond acceptors (Lipinski definition) is 7. The molecule has 0 spiro atoms. The average Bonchev–Trinajstić information content (AvgIpc) is 2.90. The summed E-state index contributed by atoms with van der Waals surface area (Å²) in [6.45, 7) is 6.88. The van der Waals surface area contributed by atoms with Crippen LogP contribution in [0.1, 0.15) is 33.6 Å². The van der Waals surface area contributed by atoms with E-state index in [0.717, 1.165) is 33.7 Å². The zero-order chi connectivity index (χ0) is 21.7. The number of carboxylic acid groups (broad SMARTS) is 3. The van der Waals surface area contributed by atoms with Crippen molar-refractivity contribution in [2.24, 2.45) is 0 Å². The first kappa shape index (κ1) is 31.3. The third-order valence-electron chi connectivity index (χ3n) is 1.75. The number of aliphatic carboxylic acids is 3. The minimum Gasteiger partial charge on any atom is -0.481 e. The number of rotatable bonds is 3. The zero-order valence-electron chi connectivity index (χ0n) is 15.2. The summed E-state index contributed by atoms with van der Waals surface area (Å²) < 4.78 is 0. The number of hydrogen-bond donors (Lipinski definition) is 6. The maximum absolute atomic E-state index is 10.7. The quantitative estimate of drug-likeness (QED) is 0.365. The lowest BCUT2D eigenvalue weighted by Crippen LogP contribution is -2.16. The monoisotopic (exact) mass is 383 g/mol. The maximum Gasteiger partial charge on any atom is 0.300 e. The molecule has 0 aromatic rings. The van der Waals surface area contributed by atoms with E-state index in [2.05, 4.69) is 6.58 Å². The van der Waals surface area contributed by atoms with Gasteiger partial charge in [-0.3, -0.25) is 19.2 Å². The van der Waals surface area contributed by atoms with Crippen LogP contribution in [-0.4, -0.2) is 85.2 Å². The molecule has 1 fully saturated rings. The Morgan fingerprint density at radius 2 is 1.35 bits per heavy atom. The van der Waals surface area contributed by atoms with Crippen LogP contribution in [0.3, 0.4) is 0 Å². The van der Waals surface area contributed by atoms with Gasteiger partial charge in [0.25, 0.3) is 17.9 Å². The van der Waals surface area contributed by atoms with Crippen LogP contribution in [-0.2, 0) is 19.2 Å². The minimum absolute atomic E-state index is 0.208. The molecule has 1 aliphatic heterocycles. The van der Waals surface area contributed by atoms with E-state index in [4.69, 9.17) is 45.0 Å². The summed E-state index contributed by atoms with van der Waals surface area (Å²) in [5.74, 6) is -2.29. The molecule has 154 valence electrons. The van der Waals surface area contributed by atoms with Gasteiger partial charge in [-0.15, -0.1) is 0 Å². The van der Waals surface area contributed by atoms with Crippen molar-refractivity contribution in [2.75, 3.05) is 19.8 Å². The number of nitrogens with zero attached hydrogens (tertiary/aromatic N) is 1. The van der Waals surface area contributed by atoms with Gasteiger partial charge in [-0.05, 0) is 12.6 Å². The fourth-order valence-electron chi connectivity index (χ4n) is 0.920. The number of carbonyl (C=O) groups excluding carboxylic acids is 1. The highest BCUT2D eigenvalue weighted by atomic mass is 16.4. The lowest BCUT2D eigenvalue weighted by Gasteiger charge is -2.05. The summed E-state index contributed by atoms with van der Waals surface area (Å²) in [5, 5.41) is 46.3. The number of likely N-dealkylation sites (tertiary alicyclic amines) is 1. The Kier molecular flexibility index (Phi) is 27.1. The van der Waals surface area contributed by atoms with Gasteiger partial charge in [-0.25, -0.2) is 0 Å². The van der Waals surface area contributed by atoms with Crippen molar-refractivity contribution in [2.45, 2.75) is 39.7 Å². The lowest BCUT2D eigenvalue weighted by molar-refractivity contribution is -0.135. The van der Waals surface area contributed by atoms with E-state index in [1.807, 2.05) is 0 Å². The molecule has 0 unspecified atom stereocenters. The molecule has 0 aliphatic carbocycles. The molecule has 1 amide bonds. The molecule has 1 saturated heterocycles. The smallest absolute Gasteiger partial charge is 0.300 e. The minimum atomic E-state index is -0.954. The van der Waals surface area contributed by atoms with Gasteiger partial charge in [-0.2, -0.15) is 0 Å². The second kappa shape index (κ2) is 22.5. The molecule has 26 heavy (non-hydrogen) atoms. The van der Waals surface area contributed by atoms with E-state index in [9.17, 15) is 4.79 Å². The second-order valence-electron chi connectivity index (χ2n) is 4.45. The fourth-order valence-corrected chi connectivity index (χ4v) is 0.920. The molecule has 11 nitrogen and oxygen atoms in total. The average molecular weight is 383 g/mol. The highest BCUT2D eigenvalue weighted by molar-refractivity contribution is 5.78. The van der Waals surface area contributed by atoms with Crippen molar-refractivity contribution in [1.82, 2.24) is 4.90 Å². The van der Waals surface area contributed by atoms with Gasteiger partial charge < -0.3 is 35.5 Å². The molecule has 0 bridgehead atoms. The molecule has 0 aromatic heterocycles. The Morgan fingerprint density at radius 3 is 1.42 bits per heavy atom. The van der Waals surface area contributed by atoms with Crippen LogP contribution in [0.15, 0.2) is 12.8 Å². The molecule has 1 aliphatic rings. The number of amides is 1. The van der Waals surface area contributed by atoms with E-state index in [0.29, 0.717) is 6.42 Å². The Hall–Kier alpha value is -2.50. The number of carbonyl (C=O) groups is 4. The summed E-state index contributed by atoms with van der Waals surface area (Å²) in [6, 6.07) is 0. The third kappa shape index (κ3) is 49.6. The normalized spacial score (nSPS) is 11.2. The van der Waals surface area contributed by atoms with Crippen molar-refractivity contribution < 1.29 is 49.8 Å². The molecule has 0 aromatic carbocycles. The Bertz CT molecular complexity index is 367. The van der Waals surface area contributed by atoms with Crippen LogP contribution in [0.4, 0.5) is 0 Å². The van der Waals surface area contributed by atoms with Gasteiger partial charge in [0.05, 0.1) is 13.2 Å². The largest absolute Gasteiger partial charge is 0.481 e. The fraction of sp³-hybridized carbons (Fsp3) is 0.600. The first-order valence-electron chi connectivity index (χ1n) is 7.25. The molecule has 0 atom stereocenters. The van der Waals surface area contributed by atoms with Crippen LogP contribution in [0.25, 0.3) is 0 Å². The van der Waals surface area contributed by atoms with Crippen molar-refractivity contribution in [3.05, 3.63) is 12.8 Å². The number of aliphatic hydroxyl groups is 3. The van der Waals surface area contributed by atoms with Crippen molar-refractivity contribution in [1.29, 1.82) is 0 Å². The molecule has 1 rings (SSSR count). The Morgan fingerprint density at radius 1 is 1.04 bits per heavy atom. The molecule has 0 saturated carbocycles. The first-order chi connectivity index (χ1) is 11.8. The molecule has 1 heterocycles. The van der Waals surface area contributed by atoms with Gasteiger partial charge >= 0.3 is 0 Å². The standard InChI is InChI=1S/C6H9NO.C3H8O3.3C2H4O2/c1-2-7-5-3-4-6(7)8;4-1-3(6)2-5;3*1-2(3)4/h2H,1,3-5H2;3-6H,1-2H2;3*1H3,(H,3,4). The topological polar surface area (TPSA) is 193 Å². The van der Waals surface area contributed by atoms with E-state index in [1.165, 1.54) is 0 Å². The second-order valence-corrected chi connectivity index (χ2v) is 4.45. The van der Waals surface area contributed by atoms with E-state index in [-0.39, 0.29) is 19.1 Å². The van der Waals surface area contributed by atoms with Crippen LogP contribution in [0, 0.1) is 0 Å². The van der Waals surface area contributed by atoms with Crippen LogP contribution in [0.5, 0.6) is 0 Å². The van der Waals surface area contributed by atoms with Crippen molar-refractivity contribution >= 4 is 23.8 Å². The summed E-state index contributed by atoms with van der Waals surface area (Å²) >= 11 is 0. The SMILES string of the molecule is C=CN1CCCC1=O.CC(=O)O.CC(=O)O.CC(=O)O.OCC(O)CO. The number of carboxylic acids is 3. The van der Waals surface area contributed by atoms with Crippen LogP contribution in [0.2, 0.25) is 0 Å². The third-order valence-corrected chi connectivity index (χ3v) is 1.75. The van der Waals surface area contributed by atoms with Crippen molar-refractivity contribution in [3.8, 4) is 0 Å². The van der Waals surface area contributed by atoms with Crippen molar-refractivity contribution in [3.63, 3.8) is 0 Å².